The van der Waals surface area contributed by atoms with Gasteiger partial charge in [-0.1, -0.05) is 46.6 Å². The molecule has 0 radical (unpaired) electrons. The number of carbonyl (C=O) groups excluding carboxylic acids is 1. The van der Waals surface area contributed by atoms with Crippen molar-refractivity contribution in [2.24, 2.45) is 40.4 Å². The third-order valence-corrected chi connectivity index (χ3v) is 7.89. The second-order valence-electron chi connectivity index (χ2n) is 10.6. The first-order valence-corrected chi connectivity index (χ1v) is 10.4. The molecule has 3 aliphatic rings. The standard InChI is InChI=1S/C23H38O/c1-16(24)8-6-9-17-10-7-11-18-14-19-15-22(2,3)13-12-20(19)23(4,5)21(17)18/h6,8,17-21H,7,9-15H2,1-5H3/b8-6+. The third-order valence-electron chi connectivity index (χ3n) is 7.89. The van der Waals surface area contributed by atoms with Crippen LogP contribution >= 0.6 is 0 Å². The summed E-state index contributed by atoms with van der Waals surface area (Å²) in [6.45, 7) is 11.8. The summed E-state index contributed by atoms with van der Waals surface area (Å²) < 4.78 is 0. The van der Waals surface area contributed by atoms with Crippen molar-refractivity contribution in [1.29, 1.82) is 0 Å². The van der Waals surface area contributed by atoms with E-state index in [4.69, 9.17) is 0 Å². The van der Waals surface area contributed by atoms with E-state index in [9.17, 15) is 4.79 Å². The van der Waals surface area contributed by atoms with Gasteiger partial charge in [0.05, 0.1) is 0 Å². The van der Waals surface area contributed by atoms with Crippen molar-refractivity contribution in [3.63, 3.8) is 0 Å². The van der Waals surface area contributed by atoms with Gasteiger partial charge in [-0.3, -0.25) is 4.79 Å². The van der Waals surface area contributed by atoms with E-state index in [1.54, 1.807) is 13.0 Å². The van der Waals surface area contributed by atoms with Crippen molar-refractivity contribution in [2.75, 3.05) is 0 Å². The fourth-order valence-corrected chi connectivity index (χ4v) is 7.14. The Balaban J connectivity index is 1.79. The Bertz CT molecular complexity index is 498. The molecule has 5 unspecified atom stereocenters. The number of fused-ring (bicyclic) bond motifs is 2. The minimum Gasteiger partial charge on any atom is -0.295 e. The van der Waals surface area contributed by atoms with E-state index in [-0.39, 0.29) is 5.78 Å². The van der Waals surface area contributed by atoms with E-state index in [1.807, 2.05) is 0 Å². The van der Waals surface area contributed by atoms with Crippen LogP contribution in [0.3, 0.4) is 0 Å². The highest BCUT2D eigenvalue weighted by molar-refractivity contribution is 5.87. The van der Waals surface area contributed by atoms with Crippen molar-refractivity contribution < 1.29 is 4.79 Å². The van der Waals surface area contributed by atoms with Crippen LogP contribution in [0.15, 0.2) is 12.2 Å². The molecule has 1 nitrogen and oxygen atoms in total. The number of hydrogen-bond donors (Lipinski definition) is 0. The van der Waals surface area contributed by atoms with E-state index in [0.29, 0.717) is 10.8 Å². The lowest BCUT2D eigenvalue weighted by atomic mass is 9.45. The second-order valence-corrected chi connectivity index (χ2v) is 10.6. The molecule has 3 aliphatic carbocycles. The van der Waals surface area contributed by atoms with Crippen molar-refractivity contribution in [1.82, 2.24) is 0 Å². The van der Waals surface area contributed by atoms with Gasteiger partial charge in [-0.15, -0.1) is 0 Å². The van der Waals surface area contributed by atoms with Crippen molar-refractivity contribution >= 4 is 5.78 Å². The van der Waals surface area contributed by atoms with Crippen LogP contribution in [-0.4, -0.2) is 5.78 Å². The Morgan fingerprint density at radius 2 is 1.83 bits per heavy atom. The summed E-state index contributed by atoms with van der Waals surface area (Å²) in [6, 6.07) is 0. The van der Waals surface area contributed by atoms with E-state index >= 15 is 0 Å². The molecule has 3 fully saturated rings. The molecule has 5 atom stereocenters. The Labute approximate surface area is 149 Å². The van der Waals surface area contributed by atoms with Gasteiger partial charge >= 0.3 is 0 Å². The monoisotopic (exact) mass is 330 g/mol. The quantitative estimate of drug-likeness (QED) is 0.545. The topological polar surface area (TPSA) is 17.1 Å². The molecule has 136 valence electrons. The van der Waals surface area contributed by atoms with Crippen LogP contribution in [0.2, 0.25) is 0 Å². The van der Waals surface area contributed by atoms with Gasteiger partial charge in [0.15, 0.2) is 5.78 Å². The lowest BCUT2D eigenvalue weighted by Crippen LogP contribution is -2.52. The van der Waals surface area contributed by atoms with Gasteiger partial charge in [-0.05, 0) is 91.9 Å². The average molecular weight is 331 g/mol. The van der Waals surface area contributed by atoms with Gasteiger partial charge in [0.2, 0.25) is 0 Å². The van der Waals surface area contributed by atoms with Gasteiger partial charge in [-0.25, -0.2) is 0 Å². The molecule has 0 aromatic carbocycles. The highest BCUT2D eigenvalue weighted by atomic mass is 16.1. The van der Waals surface area contributed by atoms with Crippen molar-refractivity contribution in [2.45, 2.75) is 86.0 Å². The minimum absolute atomic E-state index is 0.194. The largest absolute Gasteiger partial charge is 0.295 e. The lowest BCUT2D eigenvalue weighted by molar-refractivity contribution is -0.112. The molecule has 3 saturated carbocycles. The number of hydrogen-bond acceptors (Lipinski definition) is 1. The smallest absolute Gasteiger partial charge is 0.152 e. The van der Waals surface area contributed by atoms with Gasteiger partial charge in [-0.2, -0.15) is 0 Å². The first kappa shape index (κ1) is 18.2. The lowest BCUT2D eigenvalue weighted by Gasteiger charge is -2.60. The molecule has 0 heterocycles. The summed E-state index contributed by atoms with van der Waals surface area (Å²) in [5.74, 6) is 4.66. The van der Waals surface area contributed by atoms with E-state index in [0.717, 1.165) is 36.0 Å². The van der Waals surface area contributed by atoms with Gasteiger partial charge < -0.3 is 0 Å². The molecule has 0 spiro atoms. The van der Waals surface area contributed by atoms with Gasteiger partial charge in [0.25, 0.3) is 0 Å². The van der Waals surface area contributed by atoms with Crippen molar-refractivity contribution in [3.05, 3.63) is 12.2 Å². The molecule has 0 aromatic rings. The number of carbonyl (C=O) groups is 1. The fourth-order valence-electron chi connectivity index (χ4n) is 7.14. The first-order valence-electron chi connectivity index (χ1n) is 10.4. The van der Waals surface area contributed by atoms with Crippen LogP contribution in [0.4, 0.5) is 0 Å². The van der Waals surface area contributed by atoms with E-state index in [1.165, 1.54) is 44.9 Å². The fraction of sp³-hybridized carbons (Fsp3) is 0.870. The summed E-state index contributed by atoms with van der Waals surface area (Å²) in [5.41, 5.74) is 1.03. The van der Waals surface area contributed by atoms with E-state index in [2.05, 4.69) is 33.8 Å². The first-order chi connectivity index (χ1) is 11.2. The summed E-state index contributed by atoms with van der Waals surface area (Å²) in [5, 5.41) is 0. The molecule has 0 saturated heterocycles. The molecule has 0 bridgehead atoms. The molecule has 3 rings (SSSR count). The Morgan fingerprint density at radius 3 is 2.54 bits per heavy atom. The molecular weight excluding hydrogens is 292 g/mol. The zero-order valence-corrected chi connectivity index (χ0v) is 16.6. The SMILES string of the molecule is CC(=O)/C=C/CC1CCCC2CC3CC(C)(C)CCC3C(C)(C)C12. The maximum atomic E-state index is 11.3. The highest BCUT2D eigenvalue weighted by Gasteiger charge is 2.54. The molecule has 1 heteroatoms. The zero-order valence-electron chi connectivity index (χ0n) is 16.6. The average Bonchev–Trinajstić information content (AvgIpc) is 2.45. The van der Waals surface area contributed by atoms with E-state index < -0.39 is 0 Å². The summed E-state index contributed by atoms with van der Waals surface area (Å²) >= 11 is 0. The minimum atomic E-state index is 0.194. The molecule has 0 amide bonds. The zero-order chi connectivity index (χ0) is 17.5. The predicted octanol–water partition coefficient (Wildman–Crippen LogP) is 6.43. The second kappa shape index (κ2) is 6.61. The normalized spacial score (nSPS) is 40.8. The highest BCUT2D eigenvalue weighted by Crippen LogP contribution is 2.62. The summed E-state index contributed by atoms with van der Waals surface area (Å²) in [4.78, 5) is 11.3. The third kappa shape index (κ3) is 3.51. The van der Waals surface area contributed by atoms with Gasteiger partial charge in [0, 0.05) is 0 Å². The van der Waals surface area contributed by atoms with Crippen LogP contribution in [0, 0.1) is 40.4 Å². The Kier molecular flexibility index (Phi) is 5.02. The van der Waals surface area contributed by atoms with Crippen LogP contribution < -0.4 is 0 Å². The van der Waals surface area contributed by atoms with Crippen LogP contribution in [0.1, 0.15) is 86.0 Å². The Morgan fingerprint density at radius 1 is 1.08 bits per heavy atom. The maximum Gasteiger partial charge on any atom is 0.152 e. The van der Waals surface area contributed by atoms with Crippen molar-refractivity contribution in [3.8, 4) is 0 Å². The number of ketones is 1. The number of allylic oxidation sites excluding steroid dienone is 2. The molecular formula is C23H38O. The molecule has 0 aliphatic heterocycles. The Hall–Kier alpha value is -0.590. The maximum absolute atomic E-state index is 11.3. The predicted molar refractivity (Wildman–Crippen MR) is 102 cm³/mol. The van der Waals surface area contributed by atoms with Crippen LogP contribution in [-0.2, 0) is 4.79 Å². The number of rotatable bonds is 3. The van der Waals surface area contributed by atoms with Gasteiger partial charge in [0.1, 0.15) is 0 Å². The van der Waals surface area contributed by atoms with Crippen LogP contribution in [0.25, 0.3) is 0 Å². The van der Waals surface area contributed by atoms with Crippen LogP contribution in [0.5, 0.6) is 0 Å². The summed E-state index contributed by atoms with van der Waals surface area (Å²) in [7, 11) is 0. The molecule has 0 N–H and O–H groups in total. The summed E-state index contributed by atoms with van der Waals surface area (Å²) in [6.07, 6.45) is 15.1. The molecule has 24 heavy (non-hydrogen) atoms. The molecule has 0 aromatic heterocycles.